The molecule has 0 aliphatic heterocycles. The molecule has 2 N–H and O–H groups in total. The normalized spacial score (nSPS) is 9.86. The van der Waals surface area contributed by atoms with Gasteiger partial charge in [-0.1, -0.05) is 12.1 Å². The van der Waals surface area contributed by atoms with E-state index in [-0.39, 0.29) is 17.2 Å². The van der Waals surface area contributed by atoms with Gasteiger partial charge in [0, 0.05) is 24.0 Å². The molecule has 2 amide bonds. The Morgan fingerprint density at radius 2 is 1.86 bits per heavy atom. The fourth-order valence-electron chi connectivity index (χ4n) is 1.60. The number of anilines is 2. The average molecular weight is 300 g/mol. The van der Waals surface area contributed by atoms with E-state index in [2.05, 4.69) is 15.6 Å². The highest BCUT2D eigenvalue weighted by molar-refractivity contribution is 6.43. The van der Waals surface area contributed by atoms with E-state index in [1.54, 1.807) is 18.3 Å². The van der Waals surface area contributed by atoms with Gasteiger partial charge in [0.15, 0.2) is 0 Å². The van der Waals surface area contributed by atoms with Crippen molar-refractivity contribution in [2.75, 3.05) is 10.6 Å². The first-order valence-corrected chi connectivity index (χ1v) is 6.25. The number of nitrogens with zero attached hydrogens (tertiary/aromatic N) is 2. The molecule has 0 unspecified atom stereocenters. The van der Waals surface area contributed by atoms with Crippen LogP contribution in [0.15, 0.2) is 42.6 Å². The van der Waals surface area contributed by atoms with Gasteiger partial charge in [0.1, 0.15) is 5.82 Å². The maximum atomic E-state index is 11.7. The van der Waals surface area contributed by atoms with Crippen molar-refractivity contribution in [1.29, 1.82) is 0 Å². The molecule has 8 nitrogen and oxygen atoms in total. The molecule has 8 heteroatoms. The van der Waals surface area contributed by atoms with Crippen LogP contribution in [-0.4, -0.2) is 21.7 Å². The maximum Gasteiger partial charge on any atom is 0.315 e. The van der Waals surface area contributed by atoms with E-state index in [0.29, 0.717) is 0 Å². The molecule has 0 fully saturated rings. The van der Waals surface area contributed by atoms with Crippen LogP contribution in [0.1, 0.15) is 5.56 Å². The van der Waals surface area contributed by atoms with E-state index in [0.717, 1.165) is 11.6 Å². The quantitative estimate of drug-likeness (QED) is 0.510. The molecular weight excluding hydrogens is 288 g/mol. The lowest BCUT2D eigenvalue weighted by Crippen LogP contribution is -2.29. The number of nitro benzene ring substituents is 1. The molecule has 2 aromatic rings. The fraction of sp³-hybridized carbons (Fsp3) is 0.0714. The van der Waals surface area contributed by atoms with Crippen molar-refractivity contribution in [3.05, 3.63) is 58.3 Å². The molecule has 22 heavy (non-hydrogen) atoms. The molecule has 0 atom stereocenters. The molecule has 0 radical (unpaired) electrons. The Hall–Kier alpha value is -3.29. The predicted molar refractivity (Wildman–Crippen MR) is 79.3 cm³/mol. The second-order valence-electron chi connectivity index (χ2n) is 4.44. The van der Waals surface area contributed by atoms with Crippen LogP contribution >= 0.6 is 0 Å². The highest BCUT2D eigenvalue weighted by Crippen LogP contribution is 2.17. The number of hydrogen-bond donors (Lipinski definition) is 2. The third-order valence-electron chi connectivity index (χ3n) is 2.67. The van der Waals surface area contributed by atoms with E-state index < -0.39 is 16.7 Å². The molecule has 0 aliphatic carbocycles. The number of rotatable bonds is 3. The van der Waals surface area contributed by atoms with Crippen LogP contribution < -0.4 is 10.6 Å². The topological polar surface area (TPSA) is 114 Å². The Kier molecular flexibility index (Phi) is 4.42. The monoisotopic (exact) mass is 300 g/mol. The molecule has 0 saturated heterocycles. The van der Waals surface area contributed by atoms with Gasteiger partial charge in [-0.05, 0) is 24.6 Å². The molecule has 0 bridgehead atoms. The molecule has 1 aromatic heterocycles. The Morgan fingerprint density at radius 3 is 2.50 bits per heavy atom. The average Bonchev–Trinajstić information content (AvgIpc) is 2.49. The van der Waals surface area contributed by atoms with Gasteiger partial charge >= 0.3 is 11.8 Å². The minimum atomic E-state index is -0.942. The van der Waals surface area contributed by atoms with Gasteiger partial charge in [-0.15, -0.1) is 0 Å². The highest BCUT2D eigenvalue weighted by atomic mass is 16.6. The van der Waals surface area contributed by atoms with Gasteiger partial charge in [-0.3, -0.25) is 19.7 Å². The predicted octanol–water partition coefficient (Wildman–Crippen LogP) is 1.88. The van der Waals surface area contributed by atoms with Crippen molar-refractivity contribution in [2.45, 2.75) is 6.92 Å². The number of nitrogens with one attached hydrogen (secondary N) is 2. The number of aryl methyl sites for hydroxylation is 1. The van der Waals surface area contributed by atoms with Crippen LogP contribution in [0.5, 0.6) is 0 Å². The van der Waals surface area contributed by atoms with E-state index in [9.17, 15) is 19.7 Å². The van der Waals surface area contributed by atoms with Crippen molar-refractivity contribution in [2.24, 2.45) is 0 Å². The number of carbonyl (C=O) groups is 2. The van der Waals surface area contributed by atoms with E-state index in [1.807, 2.05) is 6.92 Å². The summed E-state index contributed by atoms with van der Waals surface area (Å²) in [5.74, 6) is -1.62. The van der Waals surface area contributed by atoms with Gasteiger partial charge in [0.05, 0.1) is 4.92 Å². The number of aromatic nitrogens is 1. The van der Waals surface area contributed by atoms with Crippen LogP contribution in [-0.2, 0) is 9.59 Å². The summed E-state index contributed by atoms with van der Waals surface area (Å²) in [6, 6.07) is 8.60. The van der Waals surface area contributed by atoms with Crippen molar-refractivity contribution >= 4 is 29.0 Å². The molecule has 112 valence electrons. The van der Waals surface area contributed by atoms with Crippen LogP contribution in [0, 0.1) is 17.0 Å². The minimum Gasteiger partial charge on any atom is -0.318 e. The van der Waals surface area contributed by atoms with Gasteiger partial charge in [0.2, 0.25) is 0 Å². The molecule has 0 spiro atoms. The summed E-state index contributed by atoms with van der Waals surface area (Å²) >= 11 is 0. The molecule has 1 aromatic carbocycles. The Labute approximate surface area is 125 Å². The van der Waals surface area contributed by atoms with Gasteiger partial charge in [0.25, 0.3) is 5.69 Å². The largest absolute Gasteiger partial charge is 0.318 e. The zero-order valence-corrected chi connectivity index (χ0v) is 11.6. The van der Waals surface area contributed by atoms with Crippen LogP contribution in [0.2, 0.25) is 0 Å². The molecule has 2 rings (SSSR count). The molecule has 0 aliphatic rings. The summed E-state index contributed by atoms with van der Waals surface area (Å²) in [6.45, 7) is 1.84. The third kappa shape index (κ3) is 3.85. The fourth-order valence-corrected chi connectivity index (χ4v) is 1.60. The Bertz CT molecular complexity index is 728. The number of pyridine rings is 1. The number of carbonyl (C=O) groups excluding carboxylic acids is 2. The highest BCUT2D eigenvalue weighted by Gasteiger charge is 2.15. The number of nitro groups is 1. The van der Waals surface area contributed by atoms with Crippen LogP contribution in [0.4, 0.5) is 17.2 Å². The summed E-state index contributed by atoms with van der Waals surface area (Å²) in [5, 5.41) is 15.3. The van der Waals surface area contributed by atoms with E-state index in [1.165, 1.54) is 18.2 Å². The van der Waals surface area contributed by atoms with Crippen LogP contribution in [0.25, 0.3) is 0 Å². The van der Waals surface area contributed by atoms with Gasteiger partial charge in [-0.25, -0.2) is 4.98 Å². The Morgan fingerprint density at radius 1 is 1.14 bits per heavy atom. The van der Waals surface area contributed by atoms with Crippen molar-refractivity contribution in [1.82, 2.24) is 4.98 Å². The summed E-state index contributed by atoms with van der Waals surface area (Å²) < 4.78 is 0. The summed E-state index contributed by atoms with van der Waals surface area (Å²) in [5.41, 5.74) is 0.892. The zero-order chi connectivity index (χ0) is 16.1. The van der Waals surface area contributed by atoms with Crippen molar-refractivity contribution in [3.63, 3.8) is 0 Å². The minimum absolute atomic E-state index is 0.159. The van der Waals surface area contributed by atoms with E-state index in [4.69, 9.17) is 0 Å². The van der Waals surface area contributed by atoms with Gasteiger partial charge < -0.3 is 10.6 Å². The maximum absolute atomic E-state index is 11.7. The summed E-state index contributed by atoms with van der Waals surface area (Å²) in [4.78, 5) is 37.5. The first-order valence-electron chi connectivity index (χ1n) is 6.25. The molecule has 1 heterocycles. The second-order valence-corrected chi connectivity index (χ2v) is 4.44. The third-order valence-corrected chi connectivity index (χ3v) is 2.67. The smallest absolute Gasteiger partial charge is 0.315 e. The summed E-state index contributed by atoms with van der Waals surface area (Å²) in [7, 11) is 0. The van der Waals surface area contributed by atoms with E-state index >= 15 is 0 Å². The molecular formula is C14H12N4O4. The molecule has 0 saturated carbocycles. The number of non-ortho nitro benzene ring substituents is 1. The standard InChI is InChI=1S/C14H12N4O4/c1-9-5-6-12(15-8-9)17-14(20)13(19)16-10-3-2-4-11(7-10)18(21)22/h2-8H,1H3,(H,16,19)(H,15,17,20). The first-order chi connectivity index (χ1) is 10.5. The van der Waals surface area contributed by atoms with Crippen molar-refractivity contribution in [3.8, 4) is 0 Å². The SMILES string of the molecule is Cc1ccc(NC(=O)C(=O)Nc2cccc([N+](=O)[O-])c2)nc1. The number of hydrogen-bond acceptors (Lipinski definition) is 5. The van der Waals surface area contributed by atoms with Crippen LogP contribution in [0.3, 0.4) is 0 Å². The van der Waals surface area contributed by atoms with Crippen molar-refractivity contribution < 1.29 is 14.5 Å². The lowest BCUT2D eigenvalue weighted by molar-refractivity contribution is -0.384. The first kappa shape index (κ1) is 15.1. The summed E-state index contributed by atoms with van der Waals surface area (Å²) in [6.07, 6.45) is 1.55. The number of benzene rings is 1. The number of amides is 2. The second kappa shape index (κ2) is 6.44. The Balaban J connectivity index is 2.02. The lowest BCUT2D eigenvalue weighted by atomic mass is 10.3. The zero-order valence-electron chi connectivity index (χ0n) is 11.6. The van der Waals surface area contributed by atoms with Gasteiger partial charge in [-0.2, -0.15) is 0 Å². The lowest BCUT2D eigenvalue weighted by Gasteiger charge is -2.06.